The Bertz CT molecular complexity index is 1580. The zero-order chi connectivity index (χ0) is 26.0. The van der Waals surface area contributed by atoms with Crippen molar-refractivity contribution in [1.82, 2.24) is 25.3 Å². The number of rotatable bonds is 7. The van der Waals surface area contributed by atoms with Gasteiger partial charge in [0, 0.05) is 49.4 Å². The number of hydrogen-bond acceptors (Lipinski definition) is 9. The number of pyridine rings is 4. The molecule has 4 aromatic rings. The Kier molecular flexibility index (Phi) is 6.81. The van der Waals surface area contributed by atoms with Crippen LogP contribution in [0.5, 0.6) is 0 Å². The molecule has 190 valence electrons. The van der Waals surface area contributed by atoms with Crippen molar-refractivity contribution >= 4 is 32.5 Å². The number of nitrogens with two attached hydrogens (primary N) is 1. The van der Waals surface area contributed by atoms with Crippen LogP contribution in [0.2, 0.25) is 0 Å². The quantitative estimate of drug-likeness (QED) is 0.377. The number of hydrogen-bond donors (Lipinski definition) is 2. The molecule has 1 aliphatic heterocycles. The normalized spacial score (nSPS) is 15.7. The Labute approximate surface area is 214 Å². The number of fused-ring (bicyclic) bond motifs is 1. The second-order valence-corrected chi connectivity index (χ2v) is 11.1. The molecule has 0 saturated carbocycles. The number of anilines is 1. The van der Waals surface area contributed by atoms with Crippen molar-refractivity contribution < 1.29 is 13.2 Å². The molecule has 0 spiro atoms. The van der Waals surface area contributed by atoms with Crippen molar-refractivity contribution in [2.75, 3.05) is 24.2 Å². The molecule has 1 aliphatic rings. The van der Waals surface area contributed by atoms with Crippen LogP contribution in [0, 0.1) is 0 Å². The molecular weight excluding hydrogens is 490 g/mol. The van der Waals surface area contributed by atoms with Crippen LogP contribution >= 0.6 is 0 Å². The SMILES string of the molecule is CS(=O)(=O)c1cncc(C(=O)NCc2cc3nc(-c4cccc(N5CCCC5CN)n4)ccc3cn2)c1. The van der Waals surface area contributed by atoms with E-state index in [9.17, 15) is 13.2 Å². The lowest BCUT2D eigenvalue weighted by atomic mass is 10.2. The maximum atomic E-state index is 12.6. The van der Waals surface area contributed by atoms with E-state index < -0.39 is 15.7 Å². The van der Waals surface area contributed by atoms with Crippen LogP contribution in [0.3, 0.4) is 0 Å². The van der Waals surface area contributed by atoms with Gasteiger partial charge in [0.2, 0.25) is 0 Å². The van der Waals surface area contributed by atoms with Crippen LogP contribution in [-0.2, 0) is 16.4 Å². The average molecular weight is 518 g/mol. The summed E-state index contributed by atoms with van der Waals surface area (Å²) in [6, 6.07) is 13.2. The molecule has 1 atom stereocenters. The number of sulfone groups is 1. The van der Waals surface area contributed by atoms with Crippen molar-refractivity contribution in [2.45, 2.75) is 30.3 Å². The highest BCUT2D eigenvalue weighted by molar-refractivity contribution is 7.90. The molecule has 3 N–H and O–H groups in total. The number of nitrogens with one attached hydrogen (secondary N) is 1. The summed E-state index contributed by atoms with van der Waals surface area (Å²) >= 11 is 0. The van der Waals surface area contributed by atoms with Crippen molar-refractivity contribution in [2.24, 2.45) is 5.73 Å². The van der Waals surface area contributed by atoms with E-state index >= 15 is 0 Å². The predicted molar refractivity (Wildman–Crippen MR) is 141 cm³/mol. The highest BCUT2D eigenvalue weighted by atomic mass is 32.2. The molecule has 4 aromatic heterocycles. The third-order valence-corrected chi connectivity index (χ3v) is 7.48. The minimum absolute atomic E-state index is 0.0123. The largest absolute Gasteiger partial charge is 0.352 e. The van der Waals surface area contributed by atoms with Crippen molar-refractivity contribution in [1.29, 1.82) is 0 Å². The van der Waals surface area contributed by atoms with E-state index in [1.165, 1.54) is 18.5 Å². The zero-order valence-corrected chi connectivity index (χ0v) is 21.1. The third-order valence-electron chi connectivity index (χ3n) is 6.40. The summed E-state index contributed by atoms with van der Waals surface area (Å²) in [6.45, 7) is 1.69. The molecule has 0 radical (unpaired) electrons. The maximum Gasteiger partial charge on any atom is 0.253 e. The van der Waals surface area contributed by atoms with Crippen LogP contribution in [-0.4, -0.2) is 59.6 Å². The van der Waals surface area contributed by atoms with E-state index in [4.69, 9.17) is 15.7 Å². The summed E-state index contributed by atoms with van der Waals surface area (Å²) < 4.78 is 23.5. The van der Waals surface area contributed by atoms with E-state index in [0.29, 0.717) is 18.3 Å². The molecule has 1 fully saturated rings. The van der Waals surface area contributed by atoms with E-state index in [2.05, 4.69) is 20.2 Å². The number of amides is 1. The monoisotopic (exact) mass is 517 g/mol. The molecule has 37 heavy (non-hydrogen) atoms. The minimum Gasteiger partial charge on any atom is -0.352 e. The van der Waals surface area contributed by atoms with Gasteiger partial charge < -0.3 is 16.0 Å². The lowest BCUT2D eigenvalue weighted by molar-refractivity contribution is 0.0950. The first-order valence-electron chi connectivity index (χ1n) is 11.9. The molecule has 0 bridgehead atoms. The lowest BCUT2D eigenvalue weighted by Gasteiger charge is -2.24. The standard InChI is InChI=1S/C26H27N7O3S/c1-37(35,36)21-10-18(13-28-16-21)26(34)30-15-19-11-24-17(14-29-19)7-8-23(31-24)22-5-2-6-25(32-22)33-9-3-4-20(33)12-27/h2,5-8,10-11,13-14,16,20H,3-4,9,12,15,27H2,1H3,(H,30,34). The molecule has 0 aromatic carbocycles. The predicted octanol–water partition coefficient (Wildman–Crippen LogP) is 2.35. The van der Waals surface area contributed by atoms with Crippen LogP contribution in [0.15, 0.2) is 66.0 Å². The fourth-order valence-electron chi connectivity index (χ4n) is 4.42. The maximum absolute atomic E-state index is 12.6. The average Bonchev–Trinajstić information content (AvgIpc) is 3.40. The fourth-order valence-corrected chi connectivity index (χ4v) is 5.02. The van der Waals surface area contributed by atoms with Gasteiger partial charge in [0.1, 0.15) is 5.82 Å². The van der Waals surface area contributed by atoms with Gasteiger partial charge in [0.05, 0.1) is 39.6 Å². The van der Waals surface area contributed by atoms with Gasteiger partial charge in [-0.15, -0.1) is 0 Å². The number of nitrogens with zero attached hydrogens (tertiary/aromatic N) is 5. The molecule has 0 aliphatic carbocycles. The van der Waals surface area contributed by atoms with Gasteiger partial charge in [-0.05, 0) is 49.2 Å². The molecule has 5 heterocycles. The van der Waals surface area contributed by atoms with Gasteiger partial charge in [-0.25, -0.2) is 18.4 Å². The van der Waals surface area contributed by atoms with E-state index in [0.717, 1.165) is 53.8 Å². The second-order valence-electron chi connectivity index (χ2n) is 9.04. The summed E-state index contributed by atoms with van der Waals surface area (Å²) in [5.74, 6) is 0.459. The highest BCUT2D eigenvalue weighted by Crippen LogP contribution is 2.26. The number of carbonyl (C=O) groups is 1. The van der Waals surface area contributed by atoms with Gasteiger partial charge >= 0.3 is 0 Å². The summed E-state index contributed by atoms with van der Waals surface area (Å²) in [5.41, 5.74) is 8.95. The van der Waals surface area contributed by atoms with Crippen molar-refractivity contribution in [3.8, 4) is 11.4 Å². The minimum atomic E-state index is -3.47. The van der Waals surface area contributed by atoms with Crippen molar-refractivity contribution in [3.63, 3.8) is 0 Å². The first-order valence-corrected chi connectivity index (χ1v) is 13.8. The summed E-state index contributed by atoms with van der Waals surface area (Å²) in [4.78, 5) is 32.8. The Morgan fingerprint density at radius 3 is 2.76 bits per heavy atom. The summed E-state index contributed by atoms with van der Waals surface area (Å²) in [5, 5.41) is 3.62. The Hall–Kier alpha value is -3.96. The molecule has 5 rings (SSSR count). The van der Waals surface area contributed by atoms with Gasteiger partial charge in [-0.3, -0.25) is 14.8 Å². The molecule has 10 nitrogen and oxygen atoms in total. The number of carbonyl (C=O) groups excluding carboxylic acids is 1. The second kappa shape index (κ2) is 10.2. The molecule has 1 saturated heterocycles. The van der Waals surface area contributed by atoms with E-state index in [1.807, 2.05) is 36.4 Å². The fraction of sp³-hybridized carbons (Fsp3) is 0.269. The van der Waals surface area contributed by atoms with Gasteiger partial charge in [-0.1, -0.05) is 6.07 Å². The number of aromatic nitrogens is 4. The topological polar surface area (TPSA) is 144 Å². The van der Waals surface area contributed by atoms with E-state index in [-0.39, 0.29) is 17.0 Å². The van der Waals surface area contributed by atoms with Gasteiger partial charge in [0.25, 0.3) is 5.91 Å². The third kappa shape index (κ3) is 5.42. The molecule has 1 amide bonds. The molecule has 11 heteroatoms. The summed E-state index contributed by atoms with van der Waals surface area (Å²) in [7, 11) is -3.47. The molecular formula is C26H27N7O3S. The zero-order valence-electron chi connectivity index (χ0n) is 20.3. The van der Waals surface area contributed by atoms with Crippen LogP contribution in [0.25, 0.3) is 22.3 Å². The lowest BCUT2D eigenvalue weighted by Crippen LogP contribution is -2.35. The highest BCUT2D eigenvalue weighted by Gasteiger charge is 2.24. The first-order chi connectivity index (χ1) is 17.8. The summed E-state index contributed by atoms with van der Waals surface area (Å²) in [6.07, 6.45) is 7.49. The Morgan fingerprint density at radius 1 is 1.11 bits per heavy atom. The van der Waals surface area contributed by atoms with Gasteiger partial charge in [0.15, 0.2) is 9.84 Å². The Morgan fingerprint density at radius 2 is 1.95 bits per heavy atom. The first kappa shape index (κ1) is 24.7. The van der Waals surface area contributed by atoms with Crippen LogP contribution < -0.4 is 16.0 Å². The smallest absolute Gasteiger partial charge is 0.253 e. The molecule has 1 unspecified atom stereocenters. The van der Waals surface area contributed by atoms with Crippen LogP contribution in [0.1, 0.15) is 28.9 Å². The van der Waals surface area contributed by atoms with Crippen LogP contribution in [0.4, 0.5) is 5.82 Å². The van der Waals surface area contributed by atoms with Gasteiger partial charge in [-0.2, -0.15) is 0 Å². The Balaban J connectivity index is 1.35. The van der Waals surface area contributed by atoms with Crippen molar-refractivity contribution in [3.05, 3.63) is 72.3 Å². The van der Waals surface area contributed by atoms with E-state index in [1.54, 1.807) is 6.20 Å².